The molecule has 2 aromatic heterocycles. The van der Waals surface area contributed by atoms with Crippen LogP contribution in [0.2, 0.25) is 0 Å². The fourth-order valence-electron chi connectivity index (χ4n) is 8.98. The van der Waals surface area contributed by atoms with Gasteiger partial charge in [-0.15, -0.1) is 5.10 Å². The molecule has 4 aliphatic rings. The number of aliphatic hydroxyl groups is 1. The number of ether oxygens (including phenoxy) is 1. The summed E-state index contributed by atoms with van der Waals surface area (Å²) in [7, 11) is 0. The summed E-state index contributed by atoms with van der Waals surface area (Å²) in [6.07, 6.45) is 9.43. The molecule has 5 heterocycles. The van der Waals surface area contributed by atoms with Crippen molar-refractivity contribution in [1.82, 2.24) is 30.2 Å². The number of rotatable bonds is 13. The molecule has 4 fully saturated rings. The zero-order valence-electron chi connectivity index (χ0n) is 30.3. The van der Waals surface area contributed by atoms with E-state index in [1.807, 2.05) is 10.7 Å². The lowest BCUT2D eigenvalue weighted by molar-refractivity contribution is -0.167. The van der Waals surface area contributed by atoms with Gasteiger partial charge in [0.1, 0.15) is 17.4 Å². The molecule has 1 aliphatic carbocycles. The van der Waals surface area contributed by atoms with Crippen LogP contribution in [0.5, 0.6) is 5.75 Å². The molecule has 3 saturated heterocycles. The van der Waals surface area contributed by atoms with Crippen molar-refractivity contribution in [3.05, 3.63) is 99.3 Å². The van der Waals surface area contributed by atoms with Crippen LogP contribution in [0.4, 0.5) is 0 Å². The summed E-state index contributed by atoms with van der Waals surface area (Å²) in [5.41, 5.74) is 5.34. The first-order valence-corrected chi connectivity index (χ1v) is 19.4. The van der Waals surface area contributed by atoms with E-state index in [0.717, 1.165) is 106 Å². The highest BCUT2D eigenvalue weighted by molar-refractivity contribution is 5.87. The summed E-state index contributed by atoms with van der Waals surface area (Å²) in [6, 6.07) is 21.0. The van der Waals surface area contributed by atoms with E-state index in [1.165, 1.54) is 24.1 Å². The smallest absolute Gasteiger partial charge is 0.316 e. The number of pyridine rings is 1. The van der Waals surface area contributed by atoms with E-state index in [4.69, 9.17) is 4.74 Å². The number of esters is 1. The second-order valence-corrected chi connectivity index (χ2v) is 15.4. The summed E-state index contributed by atoms with van der Waals surface area (Å²) in [6.45, 7) is 4.76. The van der Waals surface area contributed by atoms with Crippen molar-refractivity contribution in [3.63, 3.8) is 0 Å². The number of phenols is 1. The van der Waals surface area contributed by atoms with Crippen LogP contribution in [0.1, 0.15) is 86.1 Å². The molecule has 0 radical (unpaired) electrons. The quantitative estimate of drug-likeness (QED) is 0.0895. The Hall–Kier alpha value is -4.58. The molecule has 4 N–H and O–H groups in total. The van der Waals surface area contributed by atoms with Gasteiger partial charge in [-0.25, -0.2) is 4.68 Å². The number of fused-ring (bicyclic) bond motifs is 5. The molecule has 2 bridgehead atoms. The van der Waals surface area contributed by atoms with Crippen molar-refractivity contribution >= 4 is 27.9 Å². The summed E-state index contributed by atoms with van der Waals surface area (Å²) >= 11 is 0. The molecule has 3 aromatic carbocycles. The number of aliphatic hydroxyl groups excluding tert-OH is 1. The first-order valence-electron chi connectivity index (χ1n) is 19.4. The highest BCUT2D eigenvalue weighted by Gasteiger charge is 2.46. The number of unbranched alkanes of at least 4 members (excludes halogenated alkanes) is 1. The van der Waals surface area contributed by atoms with Gasteiger partial charge >= 0.3 is 5.97 Å². The number of nitrogens with zero attached hydrogens (tertiary/aromatic N) is 4. The highest BCUT2D eigenvalue weighted by Crippen LogP contribution is 2.42. The molecule has 5 aromatic rings. The number of carbonyl (C=O) groups excluding carboxylic acids is 1. The molecule has 0 spiro atoms. The van der Waals surface area contributed by atoms with Crippen molar-refractivity contribution in [1.29, 1.82) is 0 Å². The van der Waals surface area contributed by atoms with Crippen molar-refractivity contribution in [2.45, 2.75) is 94.9 Å². The number of aryl methyl sites for hydroxylation is 2. The van der Waals surface area contributed by atoms with Crippen molar-refractivity contribution in [2.24, 2.45) is 5.92 Å². The third kappa shape index (κ3) is 7.47. The topological polar surface area (TPSA) is 146 Å². The number of aromatic amines is 1. The van der Waals surface area contributed by atoms with E-state index >= 15 is 0 Å². The van der Waals surface area contributed by atoms with Gasteiger partial charge in [0.2, 0.25) is 5.56 Å². The number of hydrogen-bond acceptors (Lipinski definition) is 9. The predicted molar refractivity (Wildman–Crippen MR) is 204 cm³/mol. The number of carbonyl (C=O) groups is 1. The molecule has 1 unspecified atom stereocenters. The number of piperidine rings is 3. The van der Waals surface area contributed by atoms with Gasteiger partial charge in [0.15, 0.2) is 0 Å². The minimum atomic E-state index is -0.833. The zero-order chi connectivity index (χ0) is 36.4. The number of hydrogen-bond donors (Lipinski definition) is 4. The Bertz CT molecular complexity index is 2130. The van der Waals surface area contributed by atoms with Crippen LogP contribution in [-0.4, -0.2) is 73.3 Å². The van der Waals surface area contributed by atoms with Gasteiger partial charge in [0.25, 0.3) is 0 Å². The van der Waals surface area contributed by atoms with Crippen LogP contribution >= 0.6 is 0 Å². The number of benzene rings is 3. The van der Waals surface area contributed by atoms with Crippen LogP contribution in [0, 0.1) is 5.92 Å². The van der Waals surface area contributed by atoms with E-state index in [1.54, 1.807) is 12.1 Å². The standard InChI is InChI=1S/C42H50N6O5/c49-36-14-11-32(33-12-15-39(51)44-40(33)36)37(50)26-43-25-29-10-13-35-34(24-29)45-46-48(35)20-5-2-7-28-8-6-9-31(23-28)42(18-3-1-4-19-42)41(52)53-38-27-47-21-16-30(38)17-22-47/h6,8-15,23-24,30,37-38,43,49-50H,1-5,7,16-22,25-27H2,(H,44,51)/t37?,38-/m0/s1. The first-order chi connectivity index (χ1) is 25.9. The van der Waals surface area contributed by atoms with E-state index < -0.39 is 11.5 Å². The SMILES string of the molecule is O=C(O[C@H]1CN2CCC1CC2)C1(c2cccc(CCCCn3nnc4cc(CNCC(O)c5ccc(O)c6[nH]c(=O)ccc56)ccc43)c2)CCCCC1. The van der Waals surface area contributed by atoms with Gasteiger partial charge in [0, 0.05) is 37.6 Å². The molecular weight excluding hydrogens is 668 g/mol. The summed E-state index contributed by atoms with van der Waals surface area (Å²) in [5, 5.41) is 33.9. The number of H-pyrrole nitrogens is 1. The lowest BCUT2D eigenvalue weighted by Gasteiger charge is -2.45. The Labute approximate surface area is 309 Å². The monoisotopic (exact) mass is 718 g/mol. The maximum atomic E-state index is 14.0. The second-order valence-electron chi connectivity index (χ2n) is 15.4. The van der Waals surface area contributed by atoms with Gasteiger partial charge in [-0.2, -0.15) is 0 Å². The highest BCUT2D eigenvalue weighted by atomic mass is 16.5. The largest absolute Gasteiger partial charge is 0.506 e. The predicted octanol–water partition coefficient (Wildman–Crippen LogP) is 5.66. The molecule has 9 rings (SSSR count). The number of nitrogens with one attached hydrogen (secondary N) is 2. The lowest BCUT2D eigenvalue weighted by Crippen LogP contribution is -2.53. The maximum absolute atomic E-state index is 14.0. The molecule has 2 atom stereocenters. The molecular formula is C42H50N6O5. The van der Waals surface area contributed by atoms with Crippen LogP contribution < -0.4 is 10.9 Å². The Morgan fingerprint density at radius 1 is 1.00 bits per heavy atom. The van der Waals surface area contributed by atoms with Gasteiger partial charge in [-0.3, -0.25) is 14.5 Å². The van der Waals surface area contributed by atoms with Gasteiger partial charge in [-0.05, 0) is 110 Å². The fraction of sp³-hybridized carbons (Fsp3) is 0.476. The van der Waals surface area contributed by atoms with Crippen LogP contribution in [-0.2, 0) is 34.5 Å². The fourth-order valence-corrected chi connectivity index (χ4v) is 8.98. The minimum Gasteiger partial charge on any atom is -0.506 e. The molecule has 11 heteroatoms. The maximum Gasteiger partial charge on any atom is 0.316 e. The Balaban J connectivity index is 0.845. The molecule has 3 aliphatic heterocycles. The van der Waals surface area contributed by atoms with Gasteiger partial charge in [0.05, 0.1) is 22.6 Å². The molecule has 1 saturated carbocycles. The second kappa shape index (κ2) is 15.4. The van der Waals surface area contributed by atoms with Crippen LogP contribution in [0.3, 0.4) is 0 Å². The molecule has 11 nitrogen and oxygen atoms in total. The Morgan fingerprint density at radius 2 is 1.85 bits per heavy atom. The summed E-state index contributed by atoms with van der Waals surface area (Å²) in [5.74, 6) is 0.485. The van der Waals surface area contributed by atoms with E-state index in [-0.39, 0.29) is 29.9 Å². The van der Waals surface area contributed by atoms with E-state index in [9.17, 15) is 19.8 Å². The lowest BCUT2D eigenvalue weighted by atomic mass is 9.69. The van der Waals surface area contributed by atoms with Gasteiger partial charge < -0.3 is 25.3 Å². The van der Waals surface area contributed by atoms with Gasteiger partial charge in [-0.1, -0.05) is 60.9 Å². The third-order valence-electron chi connectivity index (χ3n) is 12.0. The number of phenolic OH excluding ortho intramolecular Hbond substituents is 1. The number of aromatic hydroxyl groups is 1. The van der Waals surface area contributed by atoms with Crippen LogP contribution in [0.15, 0.2) is 71.5 Å². The molecule has 53 heavy (non-hydrogen) atoms. The summed E-state index contributed by atoms with van der Waals surface area (Å²) in [4.78, 5) is 30.8. The van der Waals surface area contributed by atoms with E-state index in [0.29, 0.717) is 28.9 Å². The Morgan fingerprint density at radius 3 is 2.66 bits per heavy atom. The van der Waals surface area contributed by atoms with Crippen LogP contribution in [0.25, 0.3) is 21.9 Å². The Kier molecular flexibility index (Phi) is 10.3. The normalized spacial score (nSPS) is 21.6. The zero-order valence-corrected chi connectivity index (χ0v) is 30.3. The molecule has 278 valence electrons. The average molecular weight is 719 g/mol. The average Bonchev–Trinajstić information content (AvgIpc) is 3.59. The first kappa shape index (κ1) is 35.4. The molecule has 0 amide bonds. The summed E-state index contributed by atoms with van der Waals surface area (Å²) < 4.78 is 8.35. The number of aromatic nitrogens is 4. The minimum absolute atomic E-state index is 0.00469. The van der Waals surface area contributed by atoms with Crippen molar-refractivity contribution in [2.75, 3.05) is 26.2 Å². The van der Waals surface area contributed by atoms with Crippen molar-refractivity contribution in [3.8, 4) is 5.75 Å². The van der Waals surface area contributed by atoms with E-state index in [2.05, 4.69) is 61.9 Å². The third-order valence-corrected chi connectivity index (χ3v) is 12.0. The van der Waals surface area contributed by atoms with Crippen molar-refractivity contribution < 1.29 is 19.7 Å².